The Morgan fingerprint density at radius 2 is 1.33 bits per heavy atom. The summed E-state index contributed by atoms with van der Waals surface area (Å²) < 4.78 is 44.9. The van der Waals surface area contributed by atoms with Crippen LogP contribution >= 0.6 is 0 Å². The lowest BCUT2D eigenvalue weighted by molar-refractivity contribution is -0.0355. The molecular formula is C21H25F2N7O3. The number of pyridine rings is 1. The lowest BCUT2D eigenvalue weighted by Gasteiger charge is -2.45. The van der Waals surface area contributed by atoms with Crippen LogP contribution in [0.2, 0.25) is 0 Å². The Balaban J connectivity index is 1.49. The van der Waals surface area contributed by atoms with Crippen LogP contribution in [0.3, 0.4) is 0 Å². The molecule has 2 N–H and O–H groups in total. The number of hydrogen-bond donors (Lipinski definition) is 1. The third-order valence-electron chi connectivity index (χ3n) is 6.77. The number of nitrogen functional groups attached to an aromatic ring is 1. The molecule has 0 radical (unpaired) electrons. The first-order valence-corrected chi connectivity index (χ1v) is 11.2. The molecule has 2 aromatic heterocycles. The van der Waals surface area contributed by atoms with Gasteiger partial charge in [0.25, 0.3) is 6.43 Å². The van der Waals surface area contributed by atoms with Gasteiger partial charge in [0.05, 0.1) is 63.8 Å². The SMILES string of the molecule is Nc1cc(C(F)F)c(-c2nc(N3C4CCC3COC4)nc(N3C4COCC3COC4)n2)cn1. The molecule has 2 unspecified atom stereocenters. The summed E-state index contributed by atoms with van der Waals surface area (Å²) in [4.78, 5) is 22.5. The first-order chi connectivity index (χ1) is 16.1. The zero-order valence-electron chi connectivity index (χ0n) is 17.9. The van der Waals surface area contributed by atoms with Gasteiger partial charge in [-0.05, 0) is 18.9 Å². The maximum Gasteiger partial charge on any atom is 0.264 e. The normalized spacial score (nSPS) is 29.1. The molecular weight excluding hydrogens is 436 g/mol. The van der Waals surface area contributed by atoms with Gasteiger partial charge in [0.2, 0.25) is 11.9 Å². The van der Waals surface area contributed by atoms with Gasteiger partial charge in [-0.15, -0.1) is 0 Å². The van der Waals surface area contributed by atoms with Gasteiger partial charge in [0, 0.05) is 17.3 Å². The van der Waals surface area contributed by atoms with Crippen molar-refractivity contribution in [3.05, 3.63) is 17.8 Å². The minimum Gasteiger partial charge on any atom is -0.384 e. The third-order valence-corrected chi connectivity index (χ3v) is 6.77. The fourth-order valence-corrected chi connectivity index (χ4v) is 5.24. The summed E-state index contributed by atoms with van der Waals surface area (Å²) in [6.07, 6.45) is 0.522. The van der Waals surface area contributed by atoms with Crippen molar-refractivity contribution in [2.24, 2.45) is 0 Å². The lowest BCUT2D eigenvalue weighted by atomic mass is 10.1. The van der Waals surface area contributed by atoms with E-state index in [0.29, 0.717) is 51.5 Å². The third kappa shape index (κ3) is 3.65. The minimum atomic E-state index is -2.75. The Morgan fingerprint density at radius 3 is 1.88 bits per heavy atom. The van der Waals surface area contributed by atoms with Crippen molar-refractivity contribution in [2.75, 3.05) is 55.2 Å². The van der Waals surface area contributed by atoms with Crippen LogP contribution in [0.1, 0.15) is 24.8 Å². The average molecular weight is 461 g/mol. The van der Waals surface area contributed by atoms with Crippen LogP contribution in [0.15, 0.2) is 12.3 Å². The van der Waals surface area contributed by atoms with Gasteiger partial charge in [-0.1, -0.05) is 0 Å². The summed E-state index contributed by atoms with van der Waals surface area (Å²) in [5, 5.41) is 0. The number of halogens is 2. The van der Waals surface area contributed by atoms with E-state index in [2.05, 4.69) is 24.8 Å². The topological polar surface area (TPSA) is 112 Å². The predicted octanol–water partition coefficient (Wildman–Crippen LogP) is 1.42. The molecule has 6 rings (SSSR count). The molecule has 0 aliphatic carbocycles. The molecule has 4 bridgehead atoms. The molecule has 0 aromatic carbocycles. The largest absolute Gasteiger partial charge is 0.384 e. The standard InChI is InChI=1S/C21H25F2N7O3/c22-18(23)15-3-17(24)25-4-16(15)19-26-20(29-11-1-2-12(29)6-31-5-11)28-21(27-19)30-13-7-32-9-14(30)10-33-8-13/h3-4,11-14,18H,1-2,5-10H2,(H2,24,25). The molecule has 2 aromatic rings. The molecule has 6 heterocycles. The number of aromatic nitrogens is 4. The van der Waals surface area contributed by atoms with Crippen molar-refractivity contribution >= 4 is 17.7 Å². The lowest BCUT2D eigenvalue weighted by Crippen LogP contribution is -2.60. The van der Waals surface area contributed by atoms with Crippen LogP contribution in [-0.2, 0) is 14.2 Å². The van der Waals surface area contributed by atoms with Gasteiger partial charge in [-0.25, -0.2) is 13.8 Å². The second-order valence-electron chi connectivity index (χ2n) is 8.88. The van der Waals surface area contributed by atoms with Gasteiger partial charge < -0.3 is 29.7 Å². The highest BCUT2D eigenvalue weighted by atomic mass is 19.3. The van der Waals surface area contributed by atoms with Crippen LogP contribution in [-0.4, -0.2) is 83.7 Å². The molecule has 176 valence electrons. The number of morpholine rings is 3. The number of fused-ring (bicyclic) bond motifs is 4. The second-order valence-corrected chi connectivity index (χ2v) is 8.88. The number of nitrogens with two attached hydrogens (primary N) is 1. The number of anilines is 3. The first kappa shape index (κ1) is 20.9. The summed E-state index contributed by atoms with van der Waals surface area (Å²) in [5.74, 6) is 1.11. The molecule has 10 nitrogen and oxygen atoms in total. The Hall–Kier alpha value is -2.70. The molecule has 2 atom stereocenters. The van der Waals surface area contributed by atoms with E-state index in [1.165, 1.54) is 12.3 Å². The van der Waals surface area contributed by atoms with E-state index >= 15 is 0 Å². The highest BCUT2D eigenvalue weighted by molar-refractivity contribution is 5.64. The van der Waals surface area contributed by atoms with Gasteiger partial charge in [-0.3, -0.25) is 0 Å². The number of ether oxygens (including phenoxy) is 3. The first-order valence-electron chi connectivity index (χ1n) is 11.2. The van der Waals surface area contributed by atoms with Gasteiger partial charge >= 0.3 is 0 Å². The number of rotatable bonds is 4. The smallest absolute Gasteiger partial charge is 0.264 e. The van der Waals surface area contributed by atoms with Crippen LogP contribution in [0.25, 0.3) is 11.4 Å². The van der Waals surface area contributed by atoms with Crippen molar-refractivity contribution in [1.82, 2.24) is 19.9 Å². The molecule has 0 saturated carbocycles. The van der Waals surface area contributed by atoms with E-state index in [1.807, 2.05) is 0 Å². The van der Waals surface area contributed by atoms with Crippen molar-refractivity contribution in [3.63, 3.8) is 0 Å². The summed E-state index contributed by atoms with van der Waals surface area (Å²) in [7, 11) is 0. The quantitative estimate of drug-likeness (QED) is 0.718. The van der Waals surface area contributed by atoms with E-state index in [1.54, 1.807) is 0 Å². The van der Waals surface area contributed by atoms with Crippen LogP contribution < -0.4 is 15.5 Å². The van der Waals surface area contributed by atoms with Gasteiger partial charge in [0.15, 0.2) is 5.82 Å². The summed E-state index contributed by atoms with van der Waals surface area (Å²) in [6.45, 7) is 3.13. The molecule has 33 heavy (non-hydrogen) atoms. The summed E-state index contributed by atoms with van der Waals surface area (Å²) >= 11 is 0. The van der Waals surface area contributed by atoms with Gasteiger partial charge in [0.1, 0.15) is 5.82 Å². The zero-order valence-corrected chi connectivity index (χ0v) is 17.9. The van der Waals surface area contributed by atoms with Crippen molar-refractivity contribution in [1.29, 1.82) is 0 Å². The maximum absolute atomic E-state index is 13.9. The second kappa shape index (κ2) is 8.26. The van der Waals surface area contributed by atoms with E-state index in [-0.39, 0.29) is 46.9 Å². The predicted molar refractivity (Wildman–Crippen MR) is 114 cm³/mol. The number of alkyl halides is 2. The monoisotopic (exact) mass is 461 g/mol. The zero-order chi connectivity index (χ0) is 22.5. The fraction of sp³-hybridized carbons (Fsp3) is 0.619. The van der Waals surface area contributed by atoms with Gasteiger partial charge in [-0.2, -0.15) is 15.0 Å². The Bertz CT molecular complexity index is 1010. The van der Waals surface area contributed by atoms with E-state index < -0.39 is 6.43 Å². The van der Waals surface area contributed by atoms with Crippen molar-refractivity contribution in [2.45, 2.75) is 43.4 Å². The molecule has 0 spiro atoms. The van der Waals surface area contributed by atoms with Crippen LogP contribution in [0.4, 0.5) is 26.5 Å². The summed E-state index contributed by atoms with van der Waals surface area (Å²) in [5.41, 5.74) is 5.59. The Kier molecular flexibility index (Phi) is 5.23. The maximum atomic E-state index is 13.9. The highest BCUT2D eigenvalue weighted by Gasteiger charge is 2.41. The van der Waals surface area contributed by atoms with Crippen molar-refractivity contribution in [3.8, 4) is 11.4 Å². The number of hydrogen-bond acceptors (Lipinski definition) is 10. The molecule has 0 amide bonds. The molecule has 12 heteroatoms. The van der Waals surface area contributed by atoms with E-state index in [0.717, 1.165) is 12.8 Å². The van der Waals surface area contributed by atoms with Crippen LogP contribution in [0, 0.1) is 0 Å². The molecule has 4 aliphatic heterocycles. The van der Waals surface area contributed by atoms with Crippen molar-refractivity contribution < 1.29 is 23.0 Å². The summed E-state index contributed by atoms with van der Waals surface area (Å²) in [6, 6.07) is 1.37. The highest BCUT2D eigenvalue weighted by Crippen LogP contribution is 2.36. The minimum absolute atomic E-state index is 0.0228. The fourth-order valence-electron chi connectivity index (χ4n) is 5.24. The van der Waals surface area contributed by atoms with Crippen LogP contribution in [0.5, 0.6) is 0 Å². The molecule has 4 saturated heterocycles. The van der Waals surface area contributed by atoms with E-state index in [4.69, 9.17) is 24.9 Å². The Labute approximate surface area is 189 Å². The molecule has 4 aliphatic rings. The average Bonchev–Trinajstić information content (AvgIpc) is 3.06. The Morgan fingerprint density at radius 1 is 0.818 bits per heavy atom. The van der Waals surface area contributed by atoms with E-state index in [9.17, 15) is 8.78 Å². The molecule has 4 fully saturated rings. The number of nitrogens with zero attached hydrogens (tertiary/aromatic N) is 6.